The number of furan rings is 1. The van der Waals surface area contributed by atoms with Crippen molar-refractivity contribution in [3.8, 4) is 0 Å². The van der Waals surface area contributed by atoms with E-state index in [0.717, 1.165) is 18.6 Å². The summed E-state index contributed by atoms with van der Waals surface area (Å²) in [6.45, 7) is 14.3. The van der Waals surface area contributed by atoms with E-state index in [-0.39, 0.29) is 30.8 Å². The molecule has 0 saturated carbocycles. The highest BCUT2D eigenvalue weighted by Gasteiger charge is 2.38. The highest BCUT2D eigenvalue weighted by molar-refractivity contribution is 6.74. The molecule has 0 aliphatic rings. The second-order valence-corrected chi connectivity index (χ2v) is 16.0. The Morgan fingerprint density at radius 1 is 0.829 bits per heavy atom. The molecule has 0 spiro atoms. The minimum atomic E-state index is -1.64. The molecule has 0 bridgehead atoms. The molecule has 1 rings (SSSR count). The van der Waals surface area contributed by atoms with E-state index in [1.807, 2.05) is 12.1 Å². The van der Waals surface area contributed by atoms with Crippen LogP contribution in [-0.2, 0) is 23.4 Å². The van der Waals surface area contributed by atoms with Crippen molar-refractivity contribution < 1.29 is 27.8 Å². The zero-order valence-corrected chi connectivity index (χ0v) is 24.9. The molecule has 35 heavy (non-hydrogen) atoms. The van der Waals surface area contributed by atoms with E-state index in [1.165, 1.54) is 51.4 Å². The third-order valence-corrected chi connectivity index (χ3v) is 11.7. The quantitative estimate of drug-likeness (QED) is 0.0935. The van der Waals surface area contributed by atoms with Crippen molar-refractivity contribution in [3.63, 3.8) is 0 Å². The molecule has 206 valence electrons. The van der Waals surface area contributed by atoms with E-state index in [9.17, 15) is 0 Å². The summed E-state index contributed by atoms with van der Waals surface area (Å²) in [5.74, 6) is 0.757. The Balaban J connectivity index is 2.22. The first-order chi connectivity index (χ1) is 16.6. The topological polar surface area (TPSA) is 59.3 Å². The zero-order valence-electron chi connectivity index (χ0n) is 23.9. The average Bonchev–Trinajstić information content (AvgIpc) is 3.31. The van der Waals surface area contributed by atoms with Crippen LogP contribution in [0, 0.1) is 0 Å². The van der Waals surface area contributed by atoms with Gasteiger partial charge in [-0.15, -0.1) is 0 Å². The van der Waals surface area contributed by atoms with Gasteiger partial charge in [0, 0.05) is 20.3 Å². The molecule has 0 aromatic carbocycles. The highest BCUT2D eigenvalue weighted by Crippen LogP contribution is 2.37. The lowest BCUT2D eigenvalue weighted by Gasteiger charge is -2.38. The highest BCUT2D eigenvalue weighted by atomic mass is 28.4. The maximum atomic E-state index is 6.48. The molecule has 0 amide bonds. The Bertz CT molecular complexity index is 613. The lowest BCUT2D eigenvalue weighted by Crippen LogP contribution is -2.43. The number of methoxy groups -OCH3 is 2. The third kappa shape index (κ3) is 13.4. The van der Waals surface area contributed by atoms with Gasteiger partial charge in [0.25, 0.3) is 0 Å². The first-order valence-corrected chi connectivity index (χ1v) is 16.5. The SMILES string of the molecule is COCO[C@H](c1ccco1)[C@@H](CCCCCCCCCC[C@H](C)O[Si](C)(C)C(C)(C)C)OCOC. The Kier molecular flexibility index (Phi) is 16.3. The lowest BCUT2D eigenvalue weighted by atomic mass is 10.0. The van der Waals surface area contributed by atoms with E-state index < -0.39 is 8.32 Å². The van der Waals surface area contributed by atoms with Gasteiger partial charge in [0.2, 0.25) is 0 Å². The standard InChI is InChI=1S/C28H54O6Si/c1-24(34-35(7,8)28(2,3)4)18-15-13-11-9-10-12-14-16-19-26(32-22-29-5)27(33-23-30-6)25-20-17-21-31-25/h17,20-21,24,26-27H,9-16,18-19,22-23H2,1-8H3/t24-,26+,27+/m0/s1. The van der Waals surface area contributed by atoms with Gasteiger partial charge >= 0.3 is 0 Å². The van der Waals surface area contributed by atoms with E-state index in [4.69, 9.17) is 27.8 Å². The first-order valence-electron chi connectivity index (χ1n) is 13.5. The molecule has 7 heteroatoms. The van der Waals surface area contributed by atoms with Crippen molar-refractivity contribution in [3.05, 3.63) is 24.2 Å². The summed E-state index contributed by atoms with van der Waals surface area (Å²) < 4.78 is 34.2. The van der Waals surface area contributed by atoms with Crippen LogP contribution in [0.3, 0.4) is 0 Å². The summed E-state index contributed by atoms with van der Waals surface area (Å²) in [5, 5.41) is 0.286. The third-order valence-electron chi connectivity index (χ3n) is 7.08. The van der Waals surface area contributed by atoms with Crippen LogP contribution in [0.4, 0.5) is 0 Å². The Hall–Kier alpha value is -0.703. The van der Waals surface area contributed by atoms with E-state index in [1.54, 1.807) is 20.5 Å². The summed E-state index contributed by atoms with van der Waals surface area (Å²) in [4.78, 5) is 0. The Morgan fingerprint density at radius 2 is 1.37 bits per heavy atom. The van der Waals surface area contributed by atoms with Crippen LogP contribution in [0.25, 0.3) is 0 Å². The summed E-state index contributed by atoms with van der Waals surface area (Å²) in [6.07, 6.45) is 13.7. The number of hydrogen-bond acceptors (Lipinski definition) is 6. The second kappa shape index (κ2) is 17.7. The monoisotopic (exact) mass is 514 g/mol. The minimum Gasteiger partial charge on any atom is -0.466 e. The molecule has 6 nitrogen and oxygen atoms in total. The smallest absolute Gasteiger partial charge is 0.192 e. The molecule has 0 unspecified atom stereocenters. The number of rotatable bonds is 21. The van der Waals surface area contributed by atoms with Crippen LogP contribution < -0.4 is 0 Å². The van der Waals surface area contributed by atoms with E-state index in [0.29, 0.717) is 6.10 Å². The van der Waals surface area contributed by atoms with Crippen molar-refractivity contribution in [2.45, 2.75) is 128 Å². The van der Waals surface area contributed by atoms with Gasteiger partial charge in [0.05, 0.1) is 12.4 Å². The molecule has 0 radical (unpaired) electrons. The van der Waals surface area contributed by atoms with Gasteiger partial charge in [-0.3, -0.25) is 0 Å². The summed E-state index contributed by atoms with van der Waals surface area (Å²) in [7, 11) is 1.61. The van der Waals surface area contributed by atoms with Crippen LogP contribution in [0.15, 0.2) is 22.8 Å². The molecule has 0 N–H and O–H groups in total. The molecule has 1 aromatic heterocycles. The fourth-order valence-corrected chi connectivity index (χ4v) is 5.50. The summed E-state index contributed by atoms with van der Waals surface area (Å²) in [6, 6.07) is 3.79. The normalized spacial score (nSPS) is 15.3. The van der Waals surface area contributed by atoms with E-state index >= 15 is 0 Å². The van der Waals surface area contributed by atoms with Gasteiger partial charge in [0.15, 0.2) is 8.32 Å². The molecule has 0 saturated heterocycles. The van der Waals surface area contributed by atoms with Gasteiger partial charge in [0.1, 0.15) is 25.5 Å². The number of ether oxygens (including phenoxy) is 4. The van der Waals surface area contributed by atoms with Crippen LogP contribution in [0.1, 0.15) is 104 Å². The van der Waals surface area contributed by atoms with Gasteiger partial charge in [-0.25, -0.2) is 0 Å². The fraction of sp³-hybridized carbons (Fsp3) is 0.857. The van der Waals surface area contributed by atoms with Gasteiger partial charge in [-0.05, 0) is 50.0 Å². The van der Waals surface area contributed by atoms with Crippen molar-refractivity contribution in [1.29, 1.82) is 0 Å². The number of unbranched alkanes of at least 4 members (excludes halogenated alkanes) is 7. The predicted octanol–water partition coefficient (Wildman–Crippen LogP) is 8.24. The number of hydrogen-bond donors (Lipinski definition) is 0. The van der Waals surface area contributed by atoms with Crippen LogP contribution in [0.5, 0.6) is 0 Å². The van der Waals surface area contributed by atoms with Crippen LogP contribution >= 0.6 is 0 Å². The molecule has 0 aliphatic heterocycles. The first kappa shape index (κ1) is 32.3. The summed E-state index contributed by atoms with van der Waals surface area (Å²) in [5.41, 5.74) is 0. The lowest BCUT2D eigenvalue weighted by molar-refractivity contribution is -0.166. The van der Waals surface area contributed by atoms with Crippen LogP contribution in [0.2, 0.25) is 18.1 Å². The zero-order chi connectivity index (χ0) is 26.2. The van der Waals surface area contributed by atoms with Gasteiger partial charge in [-0.1, -0.05) is 72.1 Å². The molecular formula is C28H54O6Si. The van der Waals surface area contributed by atoms with Gasteiger partial charge < -0.3 is 27.8 Å². The van der Waals surface area contributed by atoms with Crippen molar-refractivity contribution in [2.75, 3.05) is 27.8 Å². The maximum Gasteiger partial charge on any atom is 0.192 e. The largest absolute Gasteiger partial charge is 0.466 e. The summed E-state index contributed by atoms with van der Waals surface area (Å²) >= 11 is 0. The maximum absolute atomic E-state index is 6.48. The minimum absolute atomic E-state index is 0.133. The second-order valence-electron chi connectivity index (χ2n) is 11.2. The molecular weight excluding hydrogens is 460 g/mol. The fourth-order valence-electron chi connectivity index (χ4n) is 4.02. The van der Waals surface area contributed by atoms with Crippen LogP contribution in [-0.4, -0.2) is 48.3 Å². The average molecular weight is 515 g/mol. The molecule has 1 heterocycles. The Labute approximate surface area is 216 Å². The van der Waals surface area contributed by atoms with Crippen molar-refractivity contribution in [1.82, 2.24) is 0 Å². The molecule has 3 atom stereocenters. The molecule has 1 aromatic rings. The van der Waals surface area contributed by atoms with Crippen molar-refractivity contribution in [2.24, 2.45) is 0 Å². The van der Waals surface area contributed by atoms with E-state index in [2.05, 4.69) is 40.8 Å². The van der Waals surface area contributed by atoms with Crippen molar-refractivity contribution >= 4 is 8.32 Å². The molecule has 0 aliphatic carbocycles. The Morgan fingerprint density at radius 3 is 1.89 bits per heavy atom. The molecule has 0 fully saturated rings. The predicted molar refractivity (Wildman–Crippen MR) is 145 cm³/mol. The van der Waals surface area contributed by atoms with Gasteiger partial charge in [-0.2, -0.15) is 0 Å².